The number of hydrogen-bond donors (Lipinski definition) is 0. The van der Waals surface area contributed by atoms with Crippen molar-refractivity contribution < 1.29 is 8.84 Å². The van der Waals surface area contributed by atoms with Gasteiger partial charge in [-0.3, -0.25) is 0 Å². The van der Waals surface area contributed by atoms with Gasteiger partial charge in [0, 0.05) is 0 Å². The Bertz CT molecular complexity index is 354. The molecule has 0 radical (unpaired) electrons. The van der Waals surface area contributed by atoms with Crippen LogP contribution in [0.4, 0.5) is 0 Å². The number of halogens is 2. The maximum absolute atomic E-state index is 8.90. The van der Waals surface area contributed by atoms with Crippen LogP contribution in [-0.2, 0) is 4.43 Å². The third-order valence-electron chi connectivity index (χ3n) is 1.44. The molecule has 3 nitrogen and oxygen atoms in total. The molecule has 1 aromatic heterocycles. The SMILES string of the molecule is C[Si](C)(C)OC(C#N)c1ccc(Cl)o1.Cl. The van der Waals surface area contributed by atoms with Gasteiger partial charge in [0.05, 0.1) is 0 Å². The van der Waals surface area contributed by atoms with Crippen molar-refractivity contribution in [3.63, 3.8) is 0 Å². The molecule has 15 heavy (non-hydrogen) atoms. The highest BCUT2D eigenvalue weighted by Gasteiger charge is 2.24. The standard InChI is InChI=1S/C9H12ClNO2Si.ClH/c1-14(2,3)13-8(6-11)7-4-5-9(10)12-7;/h4-5,8H,1-3H3;1H. The minimum absolute atomic E-state index is 0. The summed E-state index contributed by atoms with van der Waals surface area (Å²) in [4.78, 5) is 0. The van der Waals surface area contributed by atoms with E-state index in [4.69, 9.17) is 25.7 Å². The van der Waals surface area contributed by atoms with Gasteiger partial charge in [-0.25, -0.2) is 0 Å². The van der Waals surface area contributed by atoms with Gasteiger partial charge >= 0.3 is 0 Å². The first kappa shape index (κ1) is 14.5. The summed E-state index contributed by atoms with van der Waals surface area (Å²) in [6.07, 6.45) is -0.644. The highest BCUT2D eigenvalue weighted by Crippen LogP contribution is 2.25. The topological polar surface area (TPSA) is 46.2 Å². The fraction of sp³-hybridized carbons (Fsp3) is 0.444. The van der Waals surface area contributed by atoms with E-state index in [0.717, 1.165) is 0 Å². The molecule has 0 aliphatic rings. The first-order chi connectivity index (χ1) is 6.42. The maximum atomic E-state index is 8.90. The van der Waals surface area contributed by atoms with Crippen molar-refractivity contribution in [3.05, 3.63) is 23.1 Å². The second-order valence-electron chi connectivity index (χ2n) is 3.88. The minimum Gasteiger partial charge on any atom is -0.446 e. The Morgan fingerprint density at radius 3 is 2.40 bits per heavy atom. The fourth-order valence-corrected chi connectivity index (χ4v) is 2.00. The summed E-state index contributed by atoms with van der Waals surface area (Å²) >= 11 is 5.61. The van der Waals surface area contributed by atoms with Crippen molar-refractivity contribution in [3.8, 4) is 6.07 Å². The van der Waals surface area contributed by atoms with E-state index in [-0.39, 0.29) is 17.6 Å². The van der Waals surface area contributed by atoms with Gasteiger partial charge in [-0.15, -0.1) is 12.4 Å². The summed E-state index contributed by atoms with van der Waals surface area (Å²) in [6, 6.07) is 5.32. The fourth-order valence-electron chi connectivity index (χ4n) is 0.971. The largest absolute Gasteiger partial charge is 0.446 e. The summed E-state index contributed by atoms with van der Waals surface area (Å²) in [6.45, 7) is 6.05. The van der Waals surface area contributed by atoms with E-state index in [2.05, 4.69) is 0 Å². The van der Waals surface area contributed by atoms with Crippen LogP contribution in [0.25, 0.3) is 0 Å². The van der Waals surface area contributed by atoms with Crippen LogP contribution in [0.2, 0.25) is 24.9 Å². The molecular formula is C9H13Cl2NO2Si. The van der Waals surface area contributed by atoms with E-state index < -0.39 is 14.4 Å². The zero-order valence-electron chi connectivity index (χ0n) is 8.78. The van der Waals surface area contributed by atoms with Gasteiger partial charge in [0.1, 0.15) is 11.8 Å². The summed E-state index contributed by atoms with van der Waals surface area (Å²) in [5, 5.41) is 9.17. The third-order valence-corrected chi connectivity index (χ3v) is 2.59. The average molecular weight is 266 g/mol. The molecule has 1 atom stereocenters. The lowest BCUT2D eigenvalue weighted by molar-refractivity contribution is 0.222. The molecule has 0 aliphatic heterocycles. The molecule has 0 spiro atoms. The highest BCUT2D eigenvalue weighted by atomic mass is 35.5. The Labute approximate surface area is 102 Å². The second-order valence-corrected chi connectivity index (χ2v) is 8.71. The predicted octanol–water partition coefficient (Wildman–Crippen LogP) is 3.77. The lowest BCUT2D eigenvalue weighted by Gasteiger charge is -2.19. The van der Waals surface area contributed by atoms with Crippen molar-refractivity contribution in [1.82, 2.24) is 0 Å². The number of hydrogen-bond acceptors (Lipinski definition) is 3. The Hall–Kier alpha value is -0.473. The van der Waals surface area contributed by atoms with E-state index in [1.807, 2.05) is 25.7 Å². The molecule has 0 fully saturated rings. The van der Waals surface area contributed by atoms with Crippen LogP contribution in [0, 0.1) is 11.3 Å². The average Bonchev–Trinajstić information content (AvgIpc) is 2.46. The molecule has 1 rings (SSSR count). The Morgan fingerprint density at radius 1 is 1.47 bits per heavy atom. The van der Waals surface area contributed by atoms with E-state index in [1.54, 1.807) is 12.1 Å². The molecule has 0 saturated heterocycles. The maximum Gasteiger partial charge on any atom is 0.193 e. The molecule has 0 bridgehead atoms. The molecule has 1 unspecified atom stereocenters. The van der Waals surface area contributed by atoms with Crippen LogP contribution in [0.15, 0.2) is 16.5 Å². The quantitative estimate of drug-likeness (QED) is 0.782. The first-order valence-electron chi connectivity index (χ1n) is 4.25. The van der Waals surface area contributed by atoms with Gasteiger partial charge in [0.15, 0.2) is 19.6 Å². The summed E-state index contributed by atoms with van der Waals surface area (Å²) in [5.41, 5.74) is 0. The molecule has 1 heterocycles. The number of nitriles is 1. The van der Waals surface area contributed by atoms with Crippen LogP contribution in [-0.4, -0.2) is 8.32 Å². The van der Waals surface area contributed by atoms with Gasteiger partial charge in [0.2, 0.25) is 0 Å². The lowest BCUT2D eigenvalue weighted by Crippen LogP contribution is -2.27. The predicted molar refractivity (Wildman–Crippen MR) is 63.8 cm³/mol. The Kier molecular flexibility index (Phi) is 5.39. The normalized spacial score (nSPS) is 12.7. The van der Waals surface area contributed by atoms with Crippen LogP contribution < -0.4 is 0 Å². The monoisotopic (exact) mass is 265 g/mol. The van der Waals surface area contributed by atoms with Gasteiger partial charge in [-0.1, -0.05) is 0 Å². The van der Waals surface area contributed by atoms with E-state index >= 15 is 0 Å². The zero-order chi connectivity index (χ0) is 10.8. The van der Waals surface area contributed by atoms with Crippen LogP contribution in [0.1, 0.15) is 11.9 Å². The lowest BCUT2D eigenvalue weighted by atomic mass is 10.3. The molecule has 84 valence electrons. The van der Waals surface area contributed by atoms with Gasteiger partial charge in [-0.05, 0) is 43.4 Å². The Balaban J connectivity index is 0.00000196. The van der Waals surface area contributed by atoms with Crippen LogP contribution in [0.5, 0.6) is 0 Å². The van der Waals surface area contributed by atoms with Crippen molar-refractivity contribution in [2.75, 3.05) is 0 Å². The highest BCUT2D eigenvalue weighted by molar-refractivity contribution is 6.69. The summed E-state index contributed by atoms with van der Waals surface area (Å²) in [7, 11) is -1.74. The third kappa shape index (κ3) is 4.71. The molecular weight excluding hydrogens is 253 g/mol. The summed E-state index contributed by atoms with van der Waals surface area (Å²) < 4.78 is 10.7. The van der Waals surface area contributed by atoms with Crippen LogP contribution >= 0.6 is 24.0 Å². The molecule has 6 heteroatoms. The van der Waals surface area contributed by atoms with Gasteiger partial charge < -0.3 is 8.84 Å². The van der Waals surface area contributed by atoms with Crippen molar-refractivity contribution in [1.29, 1.82) is 5.26 Å². The molecule has 0 saturated carbocycles. The molecule has 0 amide bonds. The zero-order valence-corrected chi connectivity index (χ0v) is 11.4. The minimum atomic E-state index is -1.74. The van der Waals surface area contributed by atoms with E-state index in [0.29, 0.717) is 5.76 Å². The number of rotatable bonds is 3. The smallest absolute Gasteiger partial charge is 0.193 e. The van der Waals surface area contributed by atoms with Crippen molar-refractivity contribution in [2.45, 2.75) is 25.7 Å². The molecule has 0 aromatic carbocycles. The van der Waals surface area contributed by atoms with E-state index in [1.165, 1.54) is 0 Å². The summed E-state index contributed by atoms with van der Waals surface area (Å²) in [5.74, 6) is 0.472. The Morgan fingerprint density at radius 2 is 2.07 bits per heavy atom. The van der Waals surface area contributed by atoms with Crippen molar-refractivity contribution >= 4 is 32.3 Å². The van der Waals surface area contributed by atoms with Gasteiger partial charge in [0.25, 0.3) is 0 Å². The second kappa shape index (κ2) is 5.57. The first-order valence-corrected chi connectivity index (χ1v) is 8.03. The number of nitrogens with zero attached hydrogens (tertiary/aromatic N) is 1. The van der Waals surface area contributed by atoms with Crippen molar-refractivity contribution in [2.24, 2.45) is 0 Å². The van der Waals surface area contributed by atoms with E-state index in [9.17, 15) is 0 Å². The van der Waals surface area contributed by atoms with Gasteiger partial charge in [-0.2, -0.15) is 5.26 Å². The molecule has 0 N–H and O–H groups in total. The number of furan rings is 1. The molecule has 0 aliphatic carbocycles. The van der Waals surface area contributed by atoms with Crippen LogP contribution in [0.3, 0.4) is 0 Å². The molecule has 1 aromatic rings.